The van der Waals surface area contributed by atoms with Crippen molar-refractivity contribution in [3.8, 4) is 0 Å². The van der Waals surface area contributed by atoms with E-state index in [1.165, 1.54) is 0 Å². The number of fused-ring (bicyclic) bond motifs is 1. The molecule has 3 nitrogen and oxygen atoms in total. The summed E-state index contributed by atoms with van der Waals surface area (Å²) in [6.45, 7) is 2.09. The average molecular weight is 224 g/mol. The van der Waals surface area contributed by atoms with Gasteiger partial charge in [0.1, 0.15) is 0 Å². The Hall–Kier alpha value is -1.06. The number of para-hydroxylation sites is 1. The van der Waals surface area contributed by atoms with Crippen LogP contribution in [0.1, 0.15) is 18.7 Å². The molecule has 0 amide bonds. The summed E-state index contributed by atoms with van der Waals surface area (Å²) in [5.74, 6) is 0. The minimum Gasteiger partial charge on any atom is -0.312 e. The van der Waals surface area contributed by atoms with Crippen molar-refractivity contribution in [2.24, 2.45) is 7.05 Å². The summed E-state index contributed by atoms with van der Waals surface area (Å²) in [7, 11) is 3.84. The van der Waals surface area contributed by atoms with Crippen LogP contribution in [0.25, 0.3) is 10.9 Å². The van der Waals surface area contributed by atoms with E-state index in [1.54, 1.807) is 0 Å². The highest BCUT2D eigenvalue weighted by Gasteiger charge is 2.14. The van der Waals surface area contributed by atoms with Crippen molar-refractivity contribution in [1.29, 1.82) is 0 Å². The Bertz CT molecular complexity index is 490. The van der Waals surface area contributed by atoms with Crippen molar-refractivity contribution in [2.45, 2.75) is 13.0 Å². The van der Waals surface area contributed by atoms with Crippen molar-refractivity contribution in [1.82, 2.24) is 15.1 Å². The fourth-order valence-corrected chi connectivity index (χ4v) is 2.07. The lowest BCUT2D eigenvalue weighted by Crippen LogP contribution is -2.13. The van der Waals surface area contributed by atoms with Gasteiger partial charge >= 0.3 is 0 Å². The van der Waals surface area contributed by atoms with E-state index >= 15 is 0 Å². The molecule has 1 atom stereocenters. The molecule has 1 unspecified atom stereocenters. The second-order valence-corrected chi connectivity index (χ2v) is 4.06. The topological polar surface area (TPSA) is 29.9 Å². The lowest BCUT2D eigenvalue weighted by Gasteiger charge is -2.06. The summed E-state index contributed by atoms with van der Waals surface area (Å²) in [6, 6.07) is 6.13. The molecule has 0 saturated carbocycles. The number of halogens is 1. The van der Waals surface area contributed by atoms with E-state index in [2.05, 4.69) is 23.4 Å². The number of hydrogen-bond acceptors (Lipinski definition) is 2. The van der Waals surface area contributed by atoms with Crippen molar-refractivity contribution < 1.29 is 0 Å². The highest BCUT2D eigenvalue weighted by atomic mass is 35.5. The zero-order valence-electron chi connectivity index (χ0n) is 9.08. The van der Waals surface area contributed by atoms with Crippen LogP contribution >= 0.6 is 11.6 Å². The number of benzene rings is 1. The third-order valence-corrected chi connectivity index (χ3v) is 2.99. The lowest BCUT2D eigenvalue weighted by molar-refractivity contribution is 0.617. The van der Waals surface area contributed by atoms with E-state index in [0.717, 1.165) is 21.6 Å². The van der Waals surface area contributed by atoms with E-state index in [9.17, 15) is 0 Å². The fraction of sp³-hybridized carbons (Fsp3) is 0.364. The van der Waals surface area contributed by atoms with Gasteiger partial charge in [-0.2, -0.15) is 5.10 Å². The molecular formula is C11H14ClN3. The van der Waals surface area contributed by atoms with Crippen LogP contribution in [0.4, 0.5) is 0 Å². The molecular weight excluding hydrogens is 210 g/mol. The van der Waals surface area contributed by atoms with Crippen LogP contribution < -0.4 is 5.32 Å². The quantitative estimate of drug-likeness (QED) is 0.848. The minimum absolute atomic E-state index is 0.229. The van der Waals surface area contributed by atoms with Crippen LogP contribution in [-0.4, -0.2) is 16.8 Å². The second-order valence-electron chi connectivity index (χ2n) is 3.66. The van der Waals surface area contributed by atoms with E-state index in [1.807, 2.05) is 30.9 Å². The van der Waals surface area contributed by atoms with E-state index in [-0.39, 0.29) is 6.04 Å². The van der Waals surface area contributed by atoms with Gasteiger partial charge in [-0.3, -0.25) is 4.68 Å². The van der Waals surface area contributed by atoms with Crippen molar-refractivity contribution >= 4 is 22.5 Å². The number of aryl methyl sites for hydroxylation is 1. The first-order valence-electron chi connectivity index (χ1n) is 4.93. The van der Waals surface area contributed by atoms with Crippen LogP contribution in [-0.2, 0) is 7.05 Å². The van der Waals surface area contributed by atoms with Gasteiger partial charge in [0.2, 0.25) is 0 Å². The number of nitrogens with one attached hydrogen (secondary N) is 1. The Morgan fingerprint density at radius 3 is 2.87 bits per heavy atom. The number of hydrogen-bond donors (Lipinski definition) is 1. The maximum absolute atomic E-state index is 6.14. The standard InChI is InChI=1S/C11H14ClN3/c1-7(13-2)10-8-5-4-6-9(12)11(8)15(3)14-10/h4-7,13H,1-3H3. The second kappa shape index (κ2) is 3.83. The first-order valence-corrected chi connectivity index (χ1v) is 5.31. The van der Waals surface area contributed by atoms with Crippen LogP contribution in [0.3, 0.4) is 0 Å². The van der Waals surface area contributed by atoms with Gasteiger partial charge in [-0.15, -0.1) is 0 Å². The summed E-state index contributed by atoms with van der Waals surface area (Å²) in [6.07, 6.45) is 0. The Labute approximate surface area is 94.0 Å². The maximum Gasteiger partial charge on any atom is 0.0870 e. The molecule has 0 saturated heterocycles. The molecule has 1 N–H and O–H groups in total. The zero-order chi connectivity index (χ0) is 11.0. The SMILES string of the molecule is CNC(C)c1nn(C)c2c(Cl)cccc12. The van der Waals surface area contributed by atoms with Gasteiger partial charge < -0.3 is 5.32 Å². The summed E-state index contributed by atoms with van der Waals surface area (Å²) in [5, 5.41) is 9.54. The normalized spacial score (nSPS) is 13.3. The molecule has 0 aliphatic heterocycles. The number of nitrogens with zero attached hydrogens (tertiary/aromatic N) is 2. The first kappa shape index (κ1) is 10.5. The largest absolute Gasteiger partial charge is 0.312 e. The molecule has 0 aliphatic rings. The van der Waals surface area contributed by atoms with Gasteiger partial charge in [0.05, 0.1) is 16.2 Å². The number of rotatable bonds is 2. The Kier molecular flexibility index (Phi) is 2.67. The summed E-state index contributed by atoms with van der Waals surface area (Å²) < 4.78 is 1.83. The Morgan fingerprint density at radius 1 is 1.47 bits per heavy atom. The van der Waals surface area contributed by atoms with E-state index in [0.29, 0.717) is 0 Å². The average Bonchev–Trinajstić information content (AvgIpc) is 2.56. The fourth-order valence-electron chi connectivity index (χ4n) is 1.77. The predicted octanol–water partition coefficient (Wildman–Crippen LogP) is 2.51. The summed E-state index contributed by atoms with van der Waals surface area (Å²) in [5.41, 5.74) is 2.04. The Morgan fingerprint density at radius 2 is 2.20 bits per heavy atom. The molecule has 2 rings (SSSR count). The highest BCUT2D eigenvalue weighted by molar-refractivity contribution is 6.35. The van der Waals surface area contributed by atoms with Gasteiger partial charge in [-0.05, 0) is 20.0 Å². The zero-order valence-corrected chi connectivity index (χ0v) is 9.84. The molecule has 4 heteroatoms. The van der Waals surface area contributed by atoms with E-state index in [4.69, 9.17) is 11.6 Å². The molecule has 0 radical (unpaired) electrons. The number of aromatic nitrogens is 2. The summed E-state index contributed by atoms with van der Waals surface area (Å²) in [4.78, 5) is 0. The van der Waals surface area contributed by atoms with Crippen molar-refractivity contribution in [3.05, 3.63) is 28.9 Å². The first-order chi connectivity index (χ1) is 7.15. The molecule has 0 aliphatic carbocycles. The summed E-state index contributed by atoms with van der Waals surface area (Å²) >= 11 is 6.14. The van der Waals surface area contributed by atoms with Gasteiger partial charge in [-0.25, -0.2) is 0 Å². The highest BCUT2D eigenvalue weighted by Crippen LogP contribution is 2.28. The van der Waals surface area contributed by atoms with Crippen LogP contribution in [0.15, 0.2) is 18.2 Å². The van der Waals surface area contributed by atoms with Crippen molar-refractivity contribution in [3.63, 3.8) is 0 Å². The van der Waals surface area contributed by atoms with Gasteiger partial charge in [-0.1, -0.05) is 23.7 Å². The molecule has 15 heavy (non-hydrogen) atoms. The van der Waals surface area contributed by atoms with Gasteiger partial charge in [0.25, 0.3) is 0 Å². The third-order valence-electron chi connectivity index (χ3n) is 2.69. The lowest BCUT2D eigenvalue weighted by atomic mass is 10.1. The molecule has 1 aromatic carbocycles. The van der Waals surface area contributed by atoms with Gasteiger partial charge in [0, 0.05) is 18.5 Å². The van der Waals surface area contributed by atoms with Crippen molar-refractivity contribution in [2.75, 3.05) is 7.05 Å². The van der Waals surface area contributed by atoms with Gasteiger partial charge in [0.15, 0.2) is 0 Å². The van der Waals surface area contributed by atoms with Crippen LogP contribution in [0.5, 0.6) is 0 Å². The predicted molar refractivity (Wildman–Crippen MR) is 63.2 cm³/mol. The van der Waals surface area contributed by atoms with E-state index < -0.39 is 0 Å². The molecule has 0 spiro atoms. The minimum atomic E-state index is 0.229. The Balaban J connectivity index is 2.73. The molecule has 0 bridgehead atoms. The smallest absolute Gasteiger partial charge is 0.0870 e. The molecule has 1 heterocycles. The van der Waals surface area contributed by atoms with Crippen LogP contribution in [0, 0.1) is 0 Å². The molecule has 2 aromatic rings. The monoisotopic (exact) mass is 223 g/mol. The molecule has 80 valence electrons. The van der Waals surface area contributed by atoms with Crippen LogP contribution in [0.2, 0.25) is 5.02 Å². The third kappa shape index (κ3) is 1.62. The maximum atomic E-state index is 6.14. The molecule has 0 fully saturated rings. The molecule has 1 aromatic heterocycles.